The Bertz CT molecular complexity index is 1370. The molecule has 180 valence electrons. The van der Waals surface area contributed by atoms with Crippen LogP contribution in [-0.2, 0) is 6.54 Å². The topological polar surface area (TPSA) is 91.1 Å². The predicted octanol–water partition coefficient (Wildman–Crippen LogP) is 3.26. The van der Waals surface area contributed by atoms with Crippen LogP contribution in [0.1, 0.15) is 24.1 Å². The second kappa shape index (κ2) is 8.84. The minimum atomic E-state index is -0.433. The number of fused-ring (bicyclic) bond motifs is 4. The summed E-state index contributed by atoms with van der Waals surface area (Å²) in [5.74, 6) is 1.36. The quantitative estimate of drug-likeness (QED) is 0.420. The first kappa shape index (κ1) is 21.8. The molecule has 7 rings (SSSR count). The van der Waals surface area contributed by atoms with Crippen LogP contribution in [0.15, 0.2) is 36.8 Å². The fourth-order valence-electron chi connectivity index (χ4n) is 5.06. The van der Waals surface area contributed by atoms with Gasteiger partial charge in [0.15, 0.2) is 5.65 Å². The van der Waals surface area contributed by atoms with Gasteiger partial charge in [0.2, 0.25) is 5.88 Å². The first-order chi connectivity index (χ1) is 17.1. The molecular formula is C25H26FN7O2. The summed E-state index contributed by atoms with van der Waals surface area (Å²) in [5, 5.41) is 0. The van der Waals surface area contributed by atoms with E-state index in [1.54, 1.807) is 12.4 Å². The van der Waals surface area contributed by atoms with E-state index in [1.165, 1.54) is 45.3 Å². The molecule has 4 aromatic heterocycles. The summed E-state index contributed by atoms with van der Waals surface area (Å²) >= 11 is 0. The van der Waals surface area contributed by atoms with Crippen LogP contribution in [0.3, 0.4) is 0 Å². The van der Waals surface area contributed by atoms with E-state index in [9.17, 15) is 4.39 Å². The van der Waals surface area contributed by atoms with E-state index in [0.717, 1.165) is 12.1 Å². The van der Waals surface area contributed by atoms with E-state index in [-0.39, 0.29) is 12.1 Å². The van der Waals surface area contributed by atoms with E-state index in [2.05, 4.69) is 24.8 Å². The molecule has 3 saturated heterocycles. The molecule has 1 atom stereocenters. The number of halogens is 1. The predicted molar refractivity (Wildman–Crippen MR) is 127 cm³/mol. The zero-order valence-corrected chi connectivity index (χ0v) is 19.7. The van der Waals surface area contributed by atoms with Gasteiger partial charge in [0, 0.05) is 30.6 Å². The second-order valence-corrected chi connectivity index (χ2v) is 9.18. The minimum absolute atomic E-state index is 0.202. The Hall–Kier alpha value is -3.66. The molecule has 0 amide bonds. The van der Waals surface area contributed by atoms with Crippen LogP contribution in [0.25, 0.3) is 22.6 Å². The molecule has 35 heavy (non-hydrogen) atoms. The van der Waals surface area contributed by atoms with E-state index in [4.69, 9.17) is 14.5 Å². The number of hydrogen-bond donors (Lipinski definition) is 0. The van der Waals surface area contributed by atoms with Gasteiger partial charge >= 0.3 is 6.01 Å². The number of piperidine rings is 3. The molecular weight excluding hydrogens is 449 g/mol. The van der Waals surface area contributed by atoms with Crippen molar-refractivity contribution >= 4 is 11.2 Å². The second-order valence-electron chi connectivity index (χ2n) is 9.18. The van der Waals surface area contributed by atoms with Crippen molar-refractivity contribution in [3.05, 3.63) is 53.9 Å². The zero-order valence-electron chi connectivity index (χ0n) is 19.7. The number of aryl methyl sites for hydroxylation is 1. The molecule has 0 radical (unpaired) electrons. The van der Waals surface area contributed by atoms with Crippen molar-refractivity contribution in [2.45, 2.75) is 32.4 Å². The number of hydrogen-bond acceptors (Lipinski definition) is 8. The van der Waals surface area contributed by atoms with Crippen molar-refractivity contribution in [3.63, 3.8) is 0 Å². The van der Waals surface area contributed by atoms with Gasteiger partial charge in [-0.25, -0.2) is 14.4 Å². The number of methoxy groups -OCH3 is 1. The fraction of sp³-hybridized carbons (Fsp3) is 0.400. The molecule has 4 aromatic rings. The largest absolute Gasteiger partial charge is 0.473 e. The van der Waals surface area contributed by atoms with Crippen LogP contribution in [0.2, 0.25) is 0 Å². The highest BCUT2D eigenvalue weighted by Crippen LogP contribution is 2.31. The van der Waals surface area contributed by atoms with Gasteiger partial charge in [-0.15, -0.1) is 0 Å². The molecule has 9 nitrogen and oxygen atoms in total. The van der Waals surface area contributed by atoms with Crippen LogP contribution in [0.4, 0.5) is 4.39 Å². The Balaban J connectivity index is 1.32. The smallest absolute Gasteiger partial charge is 0.318 e. The zero-order chi connectivity index (χ0) is 23.9. The van der Waals surface area contributed by atoms with Crippen LogP contribution < -0.4 is 9.47 Å². The highest BCUT2D eigenvalue weighted by atomic mass is 19.1. The molecule has 0 N–H and O–H groups in total. The molecule has 0 aromatic carbocycles. The molecule has 0 aliphatic carbocycles. The molecule has 0 saturated carbocycles. The number of aromatic nitrogens is 6. The summed E-state index contributed by atoms with van der Waals surface area (Å²) in [4.78, 5) is 24.7. The fourth-order valence-corrected chi connectivity index (χ4v) is 5.06. The number of ether oxygens (including phenoxy) is 2. The lowest BCUT2D eigenvalue weighted by Gasteiger charge is -2.44. The Kier molecular flexibility index (Phi) is 5.52. The number of nitrogens with zero attached hydrogens (tertiary/aromatic N) is 7. The Morgan fingerprint density at radius 3 is 2.63 bits per heavy atom. The van der Waals surface area contributed by atoms with Crippen molar-refractivity contribution in [2.24, 2.45) is 5.92 Å². The number of pyridine rings is 2. The molecule has 3 aliphatic rings. The minimum Gasteiger partial charge on any atom is -0.473 e. The average molecular weight is 476 g/mol. The Morgan fingerprint density at radius 1 is 1.09 bits per heavy atom. The van der Waals surface area contributed by atoms with E-state index in [1.807, 2.05) is 23.6 Å². The van der Waals surface area contributed by atoms with Crippen molar-refractivity contribution in [1.29, 1.82) is 0 Å². The van der Waals surface area contributed by atoms with Crippen LogP contribution in [-0.4, -0.2) is 67.2 Å². The lowest BCUT2D eigenvalue weighted by Crippen LogP contribution is -2.52. The number of imidazole rings is 1. The van der Waals surface area contributed by atoms with Crippen molar-refractivity contribution in [3.8, 4) is 23.3 Å². The number of rotatable bonds is 6. The van der Waals surface area contributed by atoms with Gasteiger partial charge in [0.1, 0.15) is 23.3 Å². The maximum Gasteiger partial charge on any atom is 0.318 e. The summed E-state index contributed by atoms with van der Waals surface area (Å²) in [6.45, 7) is 5.59. The lowest BCUT2D eigenvalue weighted by molar-refractivity contribution is -0.00994. The maximum atomic E-state index is 14.0. The molecule has 3 fully saturated rings. The molecule has 2 bridgehead atoms. The Morgan fingerprint density at radius 2 is 1.94 bits per heavy atom. The summed E-state index contributed by atoms with van der Waals surface area (Å²) < 4.78 is 27.4. The summed E-state index contributed by atoms with van der Waals surface area (Å²) in [6, 6.07) is 5.57. The van der Waals surface area contributed by atoms with Crippen molar-refractivity contribution in [1.82, 2.24) is 34.4 Å². The molecule has 1 unspecified atom stereocenters. The van der Waals surface area contributed by atoms with Crippen molar-refractivity contribution < 1.29 is 13.9 Å². The summed E-state index contributed by atoms with van der Waals surface area (Å²) in [6.07, 6.45) is 7.15. The standard InChI is InChI=1S/C25H26FN7O2/c1-15-22-24(31-25(29-15)34-2)33(23(30-22)18-9-19(26)12-27-11-18)13-16-3-4-21(28-10-16)35-20-14-32-7-5-17(20)6-8-32/h3-4,9-12,17,20H,5-8,13-14H2,1-2H3. The lowest BCUT2D eigenvalue weighted by atomic mass is 9.86. The third-order valence-corrected chi connectivity index (χ3v) is 6.90. The maximum absolute atomic E-state index is 14.0. The van der Waals surface area contributed by atoms with Gasteiger partial charge in [-0.05, 0) is 50.4 Å². The molecule has 10 heteroatoms. The van der Waals surface area contributed by atoms with Gasteiger partial charge in [0.25, 0.3) is 0 Å². The van der Waals surface area contributed by atoms with Crippen LogP contribution in [0, 0.1) is 18.7 Å². The normalized spacial score (nSPS) is 21.4. The SMILES string of the molecule is COc1nc(C)c2nc(-c3cncc(F)c3)n(Cc3ccc(OC4CN5CCC4CC5)nc3)c2n1. The molecule has 7 heterocycles. The monoisotopic (exact) mass is 475 g/mol. The summed E-state index contributed by atoms with van der Waals surface area (Å²) in [7, 11) is 1.52. The first-order valence-electron chi connectivity index (χ1n) is 11.8. The van der Waals surface area contributed by atoms with E-state index in [0.29, 0.717) is 46.6 Å². The van der Waals surface area contributed by atoms with Gasteiger partial charge in [-0.1, -0.05) is 6.07 Å². The van der Waals surface area contributed by atoms with Crippen LogP contribution in [0.5, 0.6) is 11.9 Å². The van der Waals surface area contributed by atoms with E-state index < -0.39 is 5.82 Å². The van der Waals surface area contributed by atoms with Gasteiger partial charge in [-0.3, -0.25) is 9.88 Å². The molecule has 0 spiro atoms. The van der Waals surface area contributed by atoms with Gasteiger partial charge in [-0.2, -0.15) is 9.97 Å². The highest BCUT2D eigenvalue weighted by Gasteiger charge is 2.35. The third-order valence-electron chi connectivity index (χ3n) is 6.90. The van der Waals surface area contributed by atoms with Crippen molar-refractivity contribution in [2.75, 3.05) is 26.7 Å². The highest BCUT2D eigenvalue weighted by molar-refractivity contribution is 5.79. The van der Waals surface area contributed by atoms with Gasteiger partial charge < -0.3 is 14.0 Å². The molecule has 3 aliphatic heterocycles. The Labute approximate surface area is 202 Å². The first-order valence-corrected chi connectivity index (χ1v) is 11.8. The van der Waals surface area contributed by atoms with Crippen LogP contribution >= 0.6 is 0 Å². The van der Waals surface area contributed by atoms with E-state index >= 15 is 0 Å². The average Bonchev–Trinajstić information content (AvgIpc) is 3.24. The summed E-state index contributed by atoms with van der Waals surface area (Å²) in [5.41, 5.74) is 3.39. The third kappa shape index (κ3) is 4.18. The van der Waals surface area contributed by atoms with Gasteiger partial charge in [0.05, 0.1) is 25.5 Å².